The van der Waals surface area contributed by atoms with Crippen molar-refractivity contribution in [1.29, 1.82) is 0 Å². The Bertz CT molecular complexity index is 561. The largest absolute Gasteiger partial charge is 0.454 e. The second-order valence-electron chi connectivity index (χ2n) is 8.15. The lowest BCUT2D eigenvalue weighted by Gasteiger charge is -2.45. The Labute approximate surface area is 186 Å². The van der Waals surface area contributed by atoms with Crippen LogP contribution in [0.2, 0.25) is 0 Å². The minimum Gasteiger partial charge on any atom is -0.454 e. The number of esters is 1. The Morgan fingerprint density at radius 1 is 0.781 bits per heavy atom. The van der Waals surface area contributed by atoms with Gasteiger partial charge in [-0.1, -0.05) is 32.6 Å². The summed E-state index contributed by atoms with van der Waals surface area (Å²) >= 11 is 0. The number of hydrogen-bond donors (Lipinski definition) is 7. The van der Waals surface area contributed by atoms with Crippen LogP contribution in [0, 0.1) is 0 Å². The van der Waals surface area contributed by atoms with E-state index >= 15 is 0 Å². The van der Waals surface area contributed by atoms with Gasteiger partial charge in [0.1, 0.15) is 42.7 Å². The summed E-state index contributed by atoms with van der Waals surface area (Å²) in [5.74, 6) is -0.651. The number of carbonyl (C=O) groups excluding carboxylic acids is 1. The van der Waals surface area contributed by atoms with Gasteiger partial charge in [0, 0.05) is 6.42 Å². The Morgan fingerprint density at radius 2 is 1.44 bits per heavy atom. The zero-order valence-corrected chi connectivity index (χ0v) is 18.1. The van der Waals surface area contributed by atoms with Crippen molar-refractivity contribution in [3.63, 3.8) is 0 Å². The van der Waals surface area contributed by atoms with Gasteiger partial charge < -0.3 is 54.7 Å². The van der Waals surface area contributed by atoms with Crippen LogP contribution < -0.4 is 0 Å². The van der Waals surface area contributed by atoms with Crippen LogP contribution in [-0.4, -0.2) is 116 Å². The molecule has 12 nitrogen and oxygen atoms in total. The molecule has 2 fully saturated rings. The first-order chi connectivity index (χ1) is 15.2. The number of carbonyl (C=O) groups is 1. The maximum absolute atomic E-state index is 12.2. The van der Waals surface area contributed by atoms with Gasteiger partial charge in [-0.05, 0) is 6.42 Å². The van der Waals surface area contributed by atoms with Crippen LogP contribution in [0.5, 0.6) is 0 Å². The van der Waals surface area contributed by atoms with E-state index in [1.54, 1.807) is 0 Å². The van der Waals surface area contributed by atoms with Crippen LogP contribution in [-0.2, 0) is 23.7 Å². The van der Waals surface area contributed by atoms with Gasteiger partial charge in [-0.2, -0.15) is 0 Å². The van der Waals surface area contributed by atoms with Crippen molar-refractivity contribution >= 4 is 5.97 Å². The van der Waals surface area contributed by atoms with Gasteiger partial charge in [-0.25, -0.2) is 0 Å². The molecule has 0 aromatic heterocycles. The first-order valence-electron chi connectivity index (χ1n) is 11.0. The van der Waals surface area contributed by atoms with Crippen LogP contribution >= 0.6 is 0 Å². The summed E-state index contributed by atoms with van der Waals surface area (Å²) in [6, 6.07) is 0. The van der Waals surface area contributed by atoms with Crippen LogP contribution in [0.1, 0.15) is 45.4 Å². The summed E-state index contributed by atoms with van der Waals surface area (Å²) in [6.45, 7) is 0.686. The van der Waals surface area contributed by atoms with Crippen LogP contribution in [0.3, 0.4) is 0 Å². The summed E-state index contributed by atoms with van der Waals surface area (Å²) in [6.07, 6.45) is -11.0. The van der Waals surface area contributed by atoms with Crippen LogP contribution in [0.4, 0.5) is 0 Å². The second-order valence-corrected chi connectivity index (χ2v) is 8.15. The average Bonchev–Trinajstić information content (AvgIpc) is 2.78. The molecule has 0 aromatic rings. The highest BCUT2D eigenvalue weighted by atomic mass is 16.7. The average molecular weight is 468 g/mol. The van der Waals surface area contributed by atoms with Crippen molar-refractivity contribution in [3.05, 3.63) is 0 Å². The Morgan fingerprint density at radius 3 is 2.06 bits per heavy atom. The zero-order valence-electron chi connectivity index (χ0n) is 18.1. The molecule has 0 spiro atoms. The van der Waals surface area contributed by atoms with E-state index in [9.17, 15) is 40.5 Å². The number of aliphatic hydroxyl groups is 7. The molecule has 0 aliphatic carbocycles. The third-order valence-electron chi connectivity index (χ3n) is 5.71. The Balaban J connectivity index is 2.02. The van der Waals surface area contributed by atoms with Crippen molar-refractivity contribution in [1.82, 2.24) is 0 Å². The van der Waals surface area contributed by atoms with Crippen LogP contribution in [0.25, 0.3) is 0 Å². The standard InChI is InChI=1S/C20H36O12/c1-2-3-4-5-6-7-12(23)31-18-16(27)17(11(9-22)29-19(18)28)32-20-15(26)14(25)13(24)10(8-21)30-20/h10-11,13-22,24-28H,2-9H2,1H3/t10-,11-,13-,14+,15-,16+,17-,18-,19-,20-/m1/s1. The first kappa shape index (κ1) is 27.3. The highest BCUT2D eigenvalue weighted by Gasteiger charge is 2.51. The number of aliphatic hydroxyl groups excluding tert-OH is 7. The Kier molecular flexibility index (Phi) is 11.2. The fourth-order valence-electron chi connectivity index (χ4n) is 3.77. The molecule has 2 heterocycles. The smallest absolute Gasteiger partial charge is 0.306 e. The van der Waals surface area contributed by atoms with Gasteiger partial charge in [0.2, 0.25) is 0 Å². The van der Waals surface area contributed by atoms with E-state index < -0.39 is 80.6 Å². The molecule has 0 aromatic carbocycles. The fourth-order valence-corrected chi connectivity index (χ4v) is 3.77. The number of ether oxygens (including phenoxy) is 4. The van der Waals surface area contributed by atoms with Crippen molar-refractivity contribution in [2.24, 2.45) is 0 Å². The highest BCUT2D eigenvalue weighted by Crippen LogP contribution is 2.30. The van der Waals surface area contributed by atoms with E-state index in [2.05, 4.69) is 6.92 Å². The van der Waals surface area contributed by atoms with Gasteiger partial charge >= 0.3 is 5.97 Å². The van der Waals surface area contributed by atoms with Crippen molar-refractivity contribution in [2.45, 2.75) is 107 Å². The molecule has 0 bridgehead atoms. The molecule has 2 rings (SSSR count). The van der Waals surface area contributed by atoms with Gasteiger partial charge in [-0.3, -0.25) is 4.79 Å². The molecule has 0 saturated carbocycles. The third-order valence-corrected chi connectivity index (χ3v) is 5.71. The maximum Gasteiger partial charge on any atom is 0.306 e. The summed E-state index contributed by atoms with van der Waals surface area (Å²) in [5.41, 5.74) is 0. The summed E-state index contributed by atoms with van der Waals surface area (Å²) in [7, 11) is 0. The summed E-state index contributed by atoms with van der Waals surface area (Å²) in [5, 5.41) is 69.7. The molecule has 2 aliphatic rings. The van der Waals surface area contributed by atoms with Gasteiger partial charge in [-0.15, -0.1) is 0 Å². The maximum atomic E-state index is 12.2. The normalized spacial score (nSPS) is 40.2. The Hall–Kier alpha value is -0.930. The van der Waals surface area contributed by atoms with Crippen molar-refractivity contribution < 1.29 is 59.5 Å². The minimum absolute atomic E-state index is 0.0846. The first-order valence-corrected chi connectivity index (χ1v) is 11.0. The minimum atomic E-state index is -1.75. The molecular formula is C20H36O12. The van der Waals surface area contributed by atoms with E-state index in [1.165, 1.54) is 0 Å². The van der Waals surface area contributed by atoms with E-state index in [-0.39, 0.29) is 6.42 Å². The highest BCUT2D eigenvalue weighted by molar-refractivity contribution is 5.69. The van der Waals surface area contributed by atoms with E-state index in [4.69, 9.17) is 18.9 Å². The molecule has 188 valence electrons. The molecule has 12 heteroatoms. The van der Waals surface area contributed by atoms with Gasteiger partial charge in [0.05, 0.1) is 13.2 Å². The molecule has 2 aliphatic heterocycles. The number of unbranched alkanes of at least 4 members (excludes halogenated alkanes) is 4. The van der Waals surface area contributed by atoms with E-state index in [1.807, 2.05) is 0 Å². The molecule has 10 atom stereocenters. The quantitative estimate of drug-likeness (QED) is 0.125. The predicted octanol–water partition coefficient (Wildman–Crippen LogP) is -2.49. The topological polar surface area (TPSA) is 196 Å². The van der Waals surface area contributed by atoms with Gasteiger partial charge in [0.25, 0.3) is 0 Å². The van der Waals surface area contributed by atoms with Gasteiger partial charge in [0.15, 0.2) is 18.7 Å². The van der Waals surface area contributed by atoms with Crippen LogP contribution in [0.15, 0.2) is 0 Å². The summed E-state index contributed by atoms with van der Waals surface area (Å²) in [4.78, 5) is 12.2. The SMILES string of the molecule is CCCCCCCC(=O)O[C@@H]1[C@@H](O)[C@H](O[C@H]2O[C@H](CO)[C@@H](O)[C@H](O)[C@H]2O)[C@@H](CO)O[C@H]1O. The monoisotopic (exact) mass is 468 g/mol. The molecule has 0 unspecified atom stereocenters. The zero-order chi connectivity index (χ0) is 23.8. The molecule has 2 saturated heterocycles. The lowest BCUT2D eigenvalue weighted by atomic mass is 9.97. The van der Waals surface area contributed by atoms with E-state index in [0.29, 0.717) is 6.42 Å². The number of hydrogen-bond acceptors (Lipinski definition) is 12. The predicted molar refractivity (Wildman–Crippen MR) is 106 cm³/mol. The molecule has 32 heavy (non-hydrogen) atoms. The van der Waals surface area contributed by atoms with E-state index in [0.717, 1.165) is 25.7 Å². The molecular weight excluding hydrogens is 432 g/mol. The lowest BCUT2D eigenvalue weighted by molar-refractivity contribution is -0.355. The van der Waals surface area contributed by atoms with Crippen molar-refractivity contribution in [2.75, 3.05) is 13.2 Å². The molecule has 0 radical (unpaired) electrons. The molecule has 0 amide bonds. The lowest BCUT2D eigenvalue weighted by Crippen LogP contribution is -2.65. The second kappa shape index (κ2) is 13.1. The third kappa shape index (κ3) is 6.79. The summed E-state index contributed by atoms with van der Waals surface area (Å²) < 4.78 is 21.2. The van der Waals surface area contributed by atoms with Crippen molar-refractivity contribution in [3.8, 4) is 0 Å². The fraction of sp³-hybridized carbons (Fsp3) is 0.950. The number of rotatable bonds is 11. The molecule has 7 N–H and O–H groups in total.